The van der Waals surface area contributed by atoms with Crippen molar-refractivity contribution in [2.75, 3.05) is 83.7 Å². The van der Waals surface area contributed by atoms with Gasteiger partial charge in [0, 0.05) is 112 Å². The second-order valence-corrected chi connectivity index (χ2v) is 27.7. The predicted octanol–water partition coefficient (Wildman–Crippen LogP) is -2.97. The van der Waals surface area contributed by atoms with Gasteiger partial charge in [0.2, 0.25) is 35.4 Å². The smallest absolute Gasteiger partial charge is 0.261 e. The average Bonchev–Trinajstić information content (AvgIpc) is 1.72. The molecule has 1 spiro atoms. The molecule has 1 saturated carbocycles. The molecule has 552 valence electrons. The average molecular weight is 1450 g/mol. The number of aliphatic hydroxyl groups is 8. The van der Waals surface area contributed by atoms with E-state index in [1.807, 2.05) is 12.1 Å². The van der Waals surface area contributed by atoms with Gasteiger partial charge in [-0.15, -0.1) is 10.2 Å². The van der Waals surface area contributed by atoms with E-state index in [0.717, 1.165) is 85.9 Å². The van der Waals surface area contributed by atoms with Crippen molar-refractivity contribution in [2.24, 2.45) is 5.92 Å². The van der Waals surface area contributed by atoms with Gasteiger partial charge in [-0.25, -0.2) is 5.26 Å². The van der Waals surface area contributed by atoms with Gasteiger partial charge in [-0.3, -0.25) is 38.5 Å². The molecule has 5 aliphatic heterocycles. The van der Waals surface area contributed by atoms with E-state index in [0.29, 0.717) is 34.8 Å². The number of amides is 7. The number of anilines is 1. The standard InChI is InChI=1S/C65H88N12O22S2/c1-34-30-77-54(55(34)86)60(91)67-29-43(81)27-45(68-56(87)37-4-6-38(7-5-37)61-72-73-62(100-61)39-8-10-41(11-9-39)74-19-21-75(22-20-74)42-13-16-65(17-14-42)95-23-24-96-65)57(88)69-51(35(2)80)63(92)76-31-44(82)28-46(76)58(89)70-52(49(85)25-36-3-12-47(83)50(26-36)97-101-99-98-94)59(90)71-53(64(77)93)48(84)15-18-66-40(32-78)33-79/h3-12,26,34-35,40,42-46,48-49,51-55,66,78-86,94H,13-25,27-33H2,1-2H3,(H,67,91)(H,68,87)(H,69,88)(H,70,89)(H,71,90)/t34-,35+,43+,44+,45?,46-,48+,49+,51-,52-,53-,54-,55-/m0/s1. The topological polar surface area (TPSA) is 479 Å². The Morgan fingerprint density at radius 1 is 0.762 bits per heavy atom. The number of rotatable bonds is 21. The van der Waals surface area contributed by atoms with Gasteiger partial charge in [0.15, 0.2) is 17.3 Å². The van der Waals surface area contributed by atoms with E-state index in [1.54, 1.807) is 12.1 Å². The summed E-state index contributed by atoms with van der Waals surface area (Å²) < 4.78 is 21.3. The van der Waals surface area contributed by atoms with Gasteiger partial charge < -0.3 is 106 Å². The molecular weight excluding hydrogens is 1360 g/mol. The zero-order valence-electron chi connectivity index (χ0n) is 55.5. The summed E-state index contributed by atoms with van der Waals surface area (Å²) in [5.41, 5.74) is 2.67. The third kappa shape index (κ3) is 18.7. The largest absolute Gasteiger partial charge is 0.504 e. The minimum Gasteiger partial charge on any atom is -0.504 e. The van der Waals surface area contributed by atoms with E-state index >= 15 is 4.79 Å². The molecule has 0 bridgehead atoms. The number of aromatic hydroxyl groups is 1. The van der Waals surface area contributed by atoms with Crippen LogP contribution in [0.2, 0.25) is 0 Å². The molecule has 6 heterocycles. The van der Waals surface area contributed by atoms with Crippen molar-refractivity contribution in [1.82, 2.24) is 56.8 Å². The number of ether oxygens (including phenoxy) is 2. The van der Waals surface area contributed by atoms with E-state index < -0.39 is 184 Å². The molecule has 13 atom stereocenters. The molecule has 16 N–H and O–H groups in total. The van der Waals surface area contributed by atoms with E-state index in [9.17, 15) is 74.7 Å². The number of carbonyl (C=O) groups excluding carboxylic acids is 7. The second kappa shape index (κ2) is 34.8. The van der Waals surface area contributed by atoms with Crippen molar-refractivity contribution in [2.45, 2.75) is 156 Å². The molecule has 10 rings (SSSR count). The van der Waals surface area contributed by atoms with E-state index in [2.05, 4.69) is 73.4 Å². The van der Waals surface area contributed by atoms with Crippen molar-refractivity contribution in [1.29, 1.82) is 0 Å². The van der Waals surface area contributed by atoms with Crippen LogP contribution >= 0.6 is 23.7 Å². The molecule has 101 heavy (non-hydrogen) atoms. The molecule has 1 aliphatic carbocycles. The maximum atomic E-state index is 15.0. The molecule has 6 fully saturated rings. The van der Waals surface area contributed by atoms with Crippen LogP contribution in [0, 0.1) is 5.92 Å². The van der Waals surface area contributed by atoms with Crippen LogP contribution in [0.25, 0.3) is 21.1 Å². The normalized spacial score (nSPS) is 27.1. The predicted molar refractivity (Wildman–Crippen MR) is 358 cm³/mol. The van der Waals surface area contributed by atoms with Crippen molar-refractivity contribution in [3.05, 3.63) is 77.9 Å². The molecule has 3 aromatic carbocycles. The van der Waals surface area contributed by atoms with Crippen molar-refractivity contribution >= 4 is 70.7 Å². The number of benzene rings is 3. The summed E-state index contributed by atoms with van der Waals surface area (Å²) in [5, 5.41) is 136. The second-order valence-electron chi connectivity index (χ2n) is 26.3. The van der Waals surface area contributed by atoms with Gasteiger partial charge in [0.05, 0.1) is 69.1 Å². The van der Waals surface area contributed by atoms with Gasteiger partial charge in [-0.2, -0.15) is 0 Å². The highest BCUT2D eigenvalue weighted by molar-refractivity contribution is 7.90. The summed E-state index contributed by atoms with van der Waals surface area (Å²) in [6.45, 7) is 4.70. The minimum absolute atomic E-state index is 0.0156. The number of phenolic OH excluding ortho intramolecular Hbond substituents is 1. The van der Waals surface area contributed by atoms with Crippen LogP contribution in [0.5, 0.6) is 11.5 Å². The Morgan fingerprint density at radius 2 is 1.40 bits per heavy atom. The first-order chi connectivity index (χ1) is 48.5. The Kier molecular flexibility index (Phi) is 26.3. The molecule has 1 unspecified atom stereocenters. The lowest BCUT2D eigenvalue weighted by atomic mass is 9.88. The fourth-order valence-corrected chi connectivity index (χ4v) is 14.8. The van der Waals surface area contributed by atoms with E-state index in [-0.39, 0.29) is 48.1 Å². The zero-order valence-corrected chi connectivity index (χ0v) is 57.2. The van der Waals surface area contributed by atoms with Crippen molar-refractivity contribution in [3.8, 4) is 32.6 Å². The molecule has 7 amide bonds. The van der Waals surface area contributed by atoms with Crippen LogP contribution in [0.15, 0.2) is 66.7 Å². The quantitative estimate of drug-likeness (QED) is 0.0171. The zero-order chi connectivity index (χ0) is 72.2. The number of hydrogen-bond donors (Lipinski definition) is 16. The lowest BCUT2D eigenvalue weighted by Crippen LogP contribution is -2.64. The Labute approximate surface area is 588 Å². The number of aromatic nitrogens is 2. The molecule has 4 aromatic rings. The van der Waals surface area contributed by atoms with Crippen LogP contribution in [0.4, 0.5) is 5.69 Å². The Balaban J connectivity index is 0.875. The Bertz CT molecular complexity index is 3480. The molecule has 0 radical (unpaired) electrons. The van der Waals surface area contributed by atoms with E-state index in [1.165, 1.54) is 42.5 Å². The molecule has 6 aliphatic rings. The van der Waals surface area contributed by atoms with Crippen LogP contribution < -0.4 is 41.0 Å². The number of carbonyl (C=O) groups is 7. The Morgan fingerprint density at radius 3 is 2.04 bits per heavy atom. The lowest BCUT2D eigenvalue weighted by molar-refractivity contribution is -0.433. The van der Waals surface area contributed by atoms with Crippen LogP contribution in [-0.4, -0.2) is 287 Å². The highest BCUT2D eigenvalue weighted by Crippen LogP contribution is 2.39. The Hall–Kier alpha value is -7.34. The fraction of sp³-hybridized carbons (Fsp3) is 0.585. The highest BCUT2D eigenvalue weighted by atomic mass is 32.2. The first kappa shape index (κ1) is 76.3. The SMILES string of the molecule is C[C@@H](O)[C@@H]1NC(=O)C(NC(=O)c2ccc(-c3nnc(-c4ccc(N5CCN(C6CCC7(CC6)OCCO7)CC5)cc4)s3)cc2)C[C@@H](O)CNC(=O)[C@@H]2[C@@H](O)[C@@H](C)CN2C(=O)[C@H]([C@H](O)CCNC(CO)CO)NC(=O)[C@H]([C@H](O)Cc2ccc(O)c(OSOOO)c2)NC(=O)[C@@H]2C[C@@H](O)CN2C1=O. The minimum atomic E-state index is -2.16. The van der Waals surface area contributed by atoms with Crippen LogP contribution in [-0.2, 0) is 54.0 Å². The summed E-state index contributed by atoms with van der Waals surface area (Å²) in [6, 6.07) is 6.04. The molecular formula is C65H88N12O22S2. The maximum absolute atomic E-state index is 15.0. The fourth-order valence-electron chi connectivity index (χ4n) is 13.7. The lowest BCUT2D eigenvalue weighted by Gasteiger charge is -2.44. The summed E-state index contributed by atoms with van der Waals surface area (Å²) in [5.74, 6) is -10.0. The summed E-state index contributed by atoms with van der Waals surface area (Å²) in [6.07, 6.45) is -8.74. The third-order valence-corrected chi connectivity index (χ3v) is 20.8. The van der Waals surface area contributed by atoms with Gasteiger partial charge in [0.1, 0.15) is 46.3 Å². The van der Waals surface area contributed by atoms with Crippen LogP contribution in [0.3, 0.4) is 0 Å². The molecule has 5 saturated heterocycles. The van der Waals surface area contributed by atoms with Gasteiger partial charge in [-0.1, -0.05) is 45.8 Å². The number of piperazine rings is 1. The summed E-state index contributed by atoms with van der Waals surface area (Å²) >= 11 is 1.39. The van der Waals surface area contributed by atoms with Crippen LogP contribution in [0.1, 0.15) is 74.7 Å². The number of phenols is 1. The number of hydrogen-bond acceptors (Lipinski definition) is 29. The van der Waals surface area contributed by atoms with Crippen molar-refractivity contribution < 1.29 is 108 Å². The number of nitrogens with zero attached hydrogens (tertiary/aromatic N) is 6. The number of aliphatic hydroxyl groups excluding tert-OH is 8. The number of fused-ring (bicyclic) bond motifs is 2. The molecule has 34 nitrogen and oxygen atoms in total. The number of nitrogens with one attached hydrogen (secondary N) is 6. The van der Waals surface area contributed by atoms with Gasteiger partial charge in [-0.05, 0) is 86.8 Å². The highest BCUT2D eigenvalue weighted by Gasteiger charge is 2.50. The number of β-amino-alcohol motifs (C(OH)–C–C–N with tert-alkyl or cyclic N) is 1. The molecule has 1 aromatic heterocycles. The summed E-state index contributed by atoms with van der Waals surface area (Å²) in [7, 11) is 0. The first-order valence-corrected chi connectivity index (χ1v) is 35.0. The van der Waals surface area contributed by atoms with E-state index in [4.69, 9.17) is 18.9 Å². The van der Waals surface area contributed by atoms with Gasteiger partial charge >= 0.3 is 0 Å². The first-order valence-electron chi connectivity index (χ1n) is 33.6. The maximum Gasteiger partial charge on any atom is 0.261 e. The van der Waals surface area contributed by atoms with Gasteiger partial charge in [0.25, 0.3) is 18.2 Å². The molecule has 36 heteroatoms. The monoisotopic (exact) mass is 1450 g/mol. The summed E-state index contributed by atoms with van der Waals surface area (Å²) in [4.78, 5) is 109. The van der Waals surface area contributed by atoms with Crippen molar-refractivity contribution in [3.63, 3.8) is 0 Å². The third-order valence-electron chi connectivity index (χ3n) is 19.4.